The van der Waals surface area contributed by atoms with Crippen molar-refractivity contribution < 1.29 is 0 Å². The van der Waals surface area contributed by atoms with E-state index in [1.807, 2.05) is 11.8 Å². The molecule has 2 aromatic carbocycles. The van der Waals surface area contributed by atoms with Gasteiger partial charge >= 0.3 is 0 Å². The second kappa shape index (κ2) is 6.78. The Kier molecular flexibility index (Phi) is 5.06. The molecule has 0 aliphatic carbocycles. The summed E-state index contributed by atoms with van der Waals surface area (Å²) in [5, 5.41) is 3.34. The molecule has 0 saturated carbocycles. The van der Waals surface area contributed by atoms with Gasteiger partial charge in [0.2, 0.25) is 0 Å². The van der Waals surface area contributed by atoms with E-state index in [0.717, 1.165) is 13.1 Å². The van der Waals surface area contributed by atoms with Crippen LogP contribution in [-0.2, 0) is 6.54 Å². The molecule has 0 radical (unpaired) electrons. The first-order valence-corrected chi connectivity index (χ1v) is 7.55. The van der Waals surface area contributed by atoms with E-state index in [2.05, 4.69) is 68.6 Å². The van der Waals surface area contributed by atoms with Crippen LogP contribution in [0.3, 0.4) is 0 Å². The lowest BCUT2D eigenvalue weighted by molar-refractivity contribution is 0.726. The van der Waals surface area contributed by atoms with E-state index in [0.29, 0.717) is 0 Å². The van der Waals surface area contributed by atoms with Gasteiger partial charge in [0.1, 0.15) is 0 Å². The molecule has 100 valence electrons. The first kappa shape index (κ1) is 14.2. The Morgan fingerprint density at radius 2 is 1.74 bits per heavy atom. The van der Waals surface area contributed by atoms with E-state index in [1.165, 1.54) is 26.5 Å². The van der Waals surface area contributed by atoms with Gasteiger partial charge in [0.25, 0.3) is 0 Å². The summed E-state index contributed by atoms with van der Waals surface area (Å²) in [4.78, 5) is 2.65. The van der Waals surface area contributed by atoms with E-state index < -0.39 is 0 Å². The van der Waals surface area contributed by atoms with Crippen LogP contribution in [0.15, 0.2) is 52.3 Å². The number of nitrogens with one attached hydrogen (secondary N) is 1. The van der Waals surface area contributed by atoms with Crippen LogP contribution in [-0.4, -0.2) is 6.54 Å². The fourth-order valence-corrected chi connectivity index (χ4v) is 2.89. The number of aryl methyl sites for hydroxylation is 2. The monoisotopic (exact) mass is 271 g/mol. The second-order valence-electron chi connectivity index (χ2n) is 4.80. The smallest absolute Gasteiger partial charge is 0.0205 e. The summed E-state index contributed by atoms with van der Waals surface area (Å²) in [6.45, 7) is 8.40. The standard InChI is InChI=1S/C17H21NS/c1-4-18-12-15-7-9-16(10-8-15)19-17-11-13(2)5-6-14(17)3/h5-11,18H,4,12H2,1-3H3. The molecule has 19 heavy (non-hydrogen) atoms. The molecule has 0 aliphatic rings. The zero-order valence-electron chi connectivity index (χ0n) is 11.9. The minimum Gasteiger partial charge on any atom is -0.313 e. The highest BCUT2D eigenvalue weighted by Crippen LogP contribution is 2.30. The third-order valence-corrected chi connectivity index (χ3v) is 4.24. The molecule has 0 atom stereocenters. The Labute approximate surface area is 120 Å². The van der Waals surface area contributed by atoms with Crippen LogP contribution in [0.1, 0.15) is 23.6 Å². The molecule has 0 bridgehead atoms. The molecule has 0 unspecified atom stereocenters. The quantitative estimate of drug-likeness (QED) is 0.855. The third kappa shape index (κ3) is 4.12. The van der Waals surface area contributed by atoms with Gasteiger partial charge in [-0.05, 0) is 55.3 Å². The van der Waals surface area contributed by atoms with Crippen molar-refractivity contribution in [3.05, 3.63) is 59.2 Å². The number of rotatable bonds is 5. The molecule has 0 aromatic heterocycles. The summed E-state index contributed by atoms with van der Waals surface area (Å²) in [7, 11) is 0. The summed E-state index contributed by atoms with van der Waals surface area (Å²) >= 11 is 1.84. The molecule has 0 saturated heterocycles. The van der Waals surface area contributed by atoms with E-state index in [-0.39, 0.29) is 0 Å². The van der Waals surface area contributed by atoms with E-state index >= 15 is 0 Å². The summed E-state index contributed by atoms with van der Waals surface area (Å²) in [6.07, 6.45) is 0. The highest BCUT2D eigenvalue weighted by Gasteiger charge is 2.02. The van der Waals surface area contributed by atoms with Crippen molar-refractivity contribution in [2.75, 3.05) is 6.54 Å². The van der Waals surface area contributed by atoms with E-state index in [1.54, 1.807) is 0 Å². The van der Waals surface area contributed by atoms with Crippen LogP contribution in [0.4, 0.5) is 0 Å². The predicted molar refractivity (Wildman–Crippen MR) is 83.9 cm³/mol. The second-order valence-corrected chi connectivity index (χ2v) is 5.91. The lowest BCUT2D eigenvalue weighted by atomic mass is 10.2. The molecular weight excluding hydrogens is 250 g/mol. The highest BCUT2D eigenvalue weighted by atomic mass is 32.2. The summed E-state index contributed by atoms with van der Waals surface area (Å²) in [6, 6.07) is 15.4. The van der Waals surface area contributed by atoms with Crippen LogP contribution >= 0.6 is 11.8 Å². The minimum atomic E-state index is 0.949. The van der Waals surface area contributed by atoms with Gasteiger partial charge in [-0.25, -0.2) is 0 Å². The van der Waals surface area contributed by atoms with Gasteiger partial charge in [-0.15, -0.1) is 0 Å². The Morgan fingerprint density at radius 1 is 1.00 bits per heavy atom. The first-order valence-electron chi connectivity index (χ1n) is 6.74. The largest absolute Gasteiger partial charge is 0.313 e. The molecule has 2 heteroatoms. The van der Waals surface area contributed by atoms with E-state index in [4.69, 9.17) is 0 Å². The summed E-state index contributed by atoms with van der Waals surface area (Å²) in [5.41, 5.74) is 4.00. The minimum absolute atomic E-state index is 0.949. The summed E-state index contributed by atoms with van der Waals surface area (Å²) < 4.78 is 0. The molecule has 0 spiro atoms. The highest BCUT2D eigenvalue weighted by molar-refractivity contribution is 7.99. The van der Waals surface area contributed by atoms with Crippen molar-refractivity contribution >= 4 is 11.8 Å². The van der Waals surface area contributed by atoms with Crippen molar-refractivity contribution in [3.63, 3.8) is 0 Å². The van der Waals surface area contributed by atoms with Gasteiger partial charge in [0.15, 0.2) is 0 Å². The Hall–Kier alpha value is -1.25. The van der Waals surface area contributed by atoms with Crippen molar-refractivity contribution in [2.45, 2.75) is 37.1 Å². The zero-order valence-corrected chi connectivity index (χ0v) is 12.7. The van der Waals surface area contributed by atoms with Crippen molar-refractivity contribution in [1.29, 1.82) is 0 Å². The van der Waals surface area contributed by atoms with Gasteiger partial charge in [-0.2, -0.15) is 0 Å². The van der Waals surface area contributed by atoms with Crippen LogP contribution < -0.4 is 5.32 Å². The molecule has 1 N–H and O–H groups in total. The van der Waals surface area contributed by atoms with Gasteiger partial charge in [0, 0.05) is 16.3 Å². The van der Waals surface area contributed by atoms with Gasteiger partial charge < -0.3 is 5.32 Å². The van der Waals surface area contributed by atoms with Crippen LogP contribution in [0, 0.1) is 13.8 Å². The first-order chi connectivity index (χ1) is 9.19. The third-order valence-electron chi connectivity index (χ3n) is 3.07. The number of hydrogen-bond acceptors (Lipinski definition) is 2. The van der Waals surface area contributed by atoms with Crippen LogP contribution in [0.5, 0.6) is 0 Å². The lowest BCUT2D eigenvalue weighted by Gasteiger charge is -2.08. The predicted octanol–water partition coefficient (Wildman–Crippen LogP) is 4.56. The maximum Gasteiger partial charge on any atom is 0.0205 e. The topological polar surface area (TPSA) is 12.0 Å². The fourth-order valence-electron chi connectivity index (χ4n) is 1.89. The van der Waals surface area contributed by atoms with E-state index in [9.17, 15) is 0 Å². The average Bonchev–Trinajstić information content (AvgIpc) is 2.42. The van der Waals surface area contributed by atoms with Gasteiger partial charge in [-0.3, -0.25) is 0 Å². The zero-order chi connectivity index (χ0) is 13.7. The fraction of sp³-hybridized carbons (Fsp3) is 0.294. The molecule has 1 nitrogen and oxygen atoms in total. The number of benzene rings is 2. The lowest BCUT2D eigenvalue weighted by Crippen LogP contribution is -2.11. The van der Waals surface area contributed by atoms with Crippen molar-refractivity contribution in [3.8, 4) is 0 Å². The molecule has 2 aromatic rings. The number of hydrogen-bond donors (Lipinski definition) is 1. The SMILES string of the molecule is CCNCc1ccc(Sc2cc(C)ccc2C)cc1. The van der Waals surface area contributed by atoms with Crippen LogP contribution in [0.2, 0.25) is 0 Å². The van der Waals surface area contributed by atoms with Gasteiger partial charge in [0.05, 0.1) is 0 Å². The Balaban J connectivity index is 2.08. The van der Waals surface area contributed by atoms with Gasteiger partial charge in [-0.1, -0.05) is 43.0 Å². The average molecular weight is 271 g/mol. The molecule has 0 heterocycles. The molecule has 0 fully saturated rings. The Bertz CT molecular complexity index is 531. The maximum atomic E-state index is 3.34. The van der Waals surface area contributed by atoms with Crippen LogP contribution in [0.25, 0.3) is 0 Å². The van der Waals surface area contributed by atoms with Crippen molar-refractivity contribution in [1.82, 2.24) is 5.32 Å². The molecular formula is C17H21NS. The Morgan fingerprint density at radius 3 is 2.42 bits per heavy atom. The maximum absolute atomic E-state index is 3.34. The molecule has 2 rings (SSSR count). The molecule has 0 aliphatic heterocycles. The summed E-state index contributed by atoms with van der Waals surface area (Å²) in [5.74, 6) is 0. The normalized spacial score (nSPS) is 10.7. The molecule has 0 amide bonds. The van der Waals surface area contributed by atoms with Crippen molar-refractivity contribution in [2.24, 2.45) is 0 Å².